The van der Waals surface area contributed by atoms with Crippen molar-refractivity contribution >= 4 is 10.9 Å². The third kappa shape index (κ3) is 4.77. The van der Waals surface area contributed by atoms with Crippen LogP contribution in [0.5, 0.6) is 11.5 Å². The summed E-state index contributed by atoms with van der Waals surface area (Å²) in [6, 6.07) is 13.4. The number of hydrogen-bond donors (Lipinski definition) is 1. The fourth-order valence-electron chi connectivity index (χ4n) is 5.45. The van der Waals surface area contributed by atoms with Crippen LogP contribution in [0.15, 0.2) is 36.4 Å². The number of ether oxygens (including phenoxy) is 2. The van der Waals surface area contributed by atoms with Gasteiger partial charge < -0.3 is 19.4 Å². The summed E-state index contributed by atoms with van der Waals surface area (Å²) < 4.78 is 11.1. The number of fused-ring (bicyclic) bond motifs is 1. The van der Waals surface area contributed by atoms with Gasteiger partial charge in [-0.2, -0.15) is 0 Å². The van der Waals surface area contributed by atoms with Gasteiger partial charge in [0.1, 0.15) is 0 Å². The molecule has 2 fully saturated rings. The molecule has 176 valence electrons. The molecule has 0 amide bonds. The number of nitrogens with one attached hydrogen (secondary N) is 1. The van der Waals surface area contributed by atoms with Gasteiger partial charge in [-0.1, -0.05) is 19.4 Å². The number of rotatable bonds is 9. The highest BCUT2D eigenvalue weighted by Crippen LogP contribution is 2.42. The Balaban J connectivity index is 1.46. The topological polar surface area (TPSA) is 37.5 Å². The van der Waals surface area contributed by atoms with Crippen molar-refractivity contribution in [1.82, 2.24) is 9.88 Å². The Morgan fingerprint density at radius 1 is 0.939 bits per heavy atom. The second-order valence-electron chi connectivity index (χ2n) is 9.97. The summed E-state index contributed by atoms with van der Waals surface area (Å²) in [5, 5.41) is 1.41. The third-order valence-electron chi connectivity index (χ3n) is 7.68. The first-order valence-electron chi connectivity index (χ1n) is 12.8. The van der Waals surface area contributed by atoms with Gasteiger partial charge in [-0.05, 0) is 111 Å². The van der Waals surface area contributed by atoms with Crippen molar-refractivity contribution in [1.29, 1.82) is 0 Å². The van der Waals surface area contributed by atoms with Crippen LogP contribution in [0.25, 0.3) is 22.2 Å². The van der Waals surface area contributed by atoms with Crippen LogP contribution in [-0.4, -0.2) is 43.7 Å². The lowest BCUT2D eigenvalue weighted by Crippen LogP contribution is -2.33. The number of nitrogens with zero attached hydrogens (tertiary/aromatic N) is 1. The average molecular weight is 447 g/mol. The fraction of sp³-hybridized carbons (Fsp3) is 0.517. The predicted octanol–water partition coefficient (Wildman–Crippen LogP) is 6.78. The van der Waals surface area contributed by atoms with E-state index in [-0.39, 0.29) is 0 Å². The van der Waals surface area contributed by atoms with Crippen LogP contribution < -0.4 is 9.47 Å². The van der Waals surface area contributed by atoms with E-state index in [9.17, 15) is 0 Å². The second-order valence-corrected chi connectivity index (χ2v) is 9.97. The summed E-state index contributed by atoms with van der Waals surface area (Å²) in [7, 11) is 3.40. The Hall–Kier alpha value is -2.46. The summed E-state index contributed by atoms with van der Waals surface area (Å²) in [4.78, 5) is 6.41. The monoisotopic (exact) mass is 446 g/mol. The summed E-state index contributed by atoms with van der Waals surface area (Å²) >= 11 is 0. The van der Waals surface area contributed by atoms with E-state index in [2.05, 4.69) is 47.1 Å². The zero-order valence-corrected chi connectivity index (χ0v) is 20.5. The molecular weight excluding hydrogens is 408 g/mol. The smallest absolute Gasteiger partial charge is 0.161 e. The SMILES string of the molecule is CCCCN1CCC(c2ccc3[nH]c(-c4ccc(OC)c(OC)c4)c(CC4CC4)c3c2)CC1. The fourth-order valence-corrected chi connectivity index (χ4v) is 5.45. The molecule has 2 aromatic carbocycles. The maximum absolute atomic E-state index is 5.59. The van der Waals surface area contributed by atoms with Gasteiger partial charge in [0.2, 0.25) is 0 Å². The molecule has 1 aliphatic heterocycles. The third-order valence-corrected chi connectivity index (χ3v) is 7.68. The number of hydrogen-bond acceptors (Lipinski definition) is 3. The number of likely N-dealkylation sites (tertiary alicyclic amines) is 1. The first-order chi connectivity index (χ1) is 16.2. The van der Waals surface area contributed by atoms with Gasteiger partial charge in [0.15, 0.2) is 11.5 Å². The number of unbranched alkanes of at least 4 members (excludes halogenated alkanes) is 1. The van der Waals surface area contributed by atoms with Crippen LogP contribution in [0.2, 0.25) is 0 Å². The minimum Gasteiger partial charge on any atom is -0.493 e. The van der Waals surface area contributed by atoms with Gasteiger partial charge in [-0.3, -0.25) is 0 Å². The molecule has 2 aliphatic rings. The first kappa shape index (κ1) is 22.3. The van der Waals surface area contributed by atoms with E-state index in [1.165, 1.54) is 91.4 Å². The van der Waals surface area contributed by atoms with E-state index < -0.39 is 0 Å². The Labute approximate surface area is 198 Å². The van der Waals surface area contributed by atoms with Crippen molar-refractivity contribution in [3.8, 4) is 22.8 Å². The maximum Gasteiger partial charge on any atom is 0.161 e. The molecule has 0 unspecified atom stereocenters. The van der Waals surface area contributed by atoms with Crippen molar-refractivity contribution in [2.24, 2.45) is 5.92 Å². The molecule has 0 bridgehead atoms. The molecular formula is C29H38N2O2. The molecule has 2 heterocycles. The van der Waals surface area contributed by atoms with Crippen LogP contribution in [0.4, 0.5) is 0 Å². The molecule has 1 aromatic heterocycles. The number of benzene rings is 2. The highest BCUT2D eigenvalue weighted by Gasteiger charge is 2.27. The Bertz CT molecular complexity index is 1090. The molecule has 0 radical (unpaired) electrons. The van der Waals surface area contributed by atoms with Crippen LogP contribution in [0, 0.1) is 5.92 Å². The van der Waals surface area contributed by atoms with Gasteiger partial charge in [0.25, 0.3) is 0 Å². The molecule has 3 aromatic rings. The first-order valence-corrected chi connectivity index (χ1v) is 12.8. The van der Waals surface area contributed by atoms with Gasteiger partial charge in [0, 0.05) is 22.2 Å². The van der Waals surface area contributed by atoms with E-state index in [0.29, 0.717) is 5.92 Å². The van der Waals surface area contributed by atoms with Gasteiger partial charge in [-0.15, -0.1) is 0 Å². The van der Waals surface area contributed by atoms with Crippen LogP contribution in [-0.2, 0) is 6.42 Å². The highest BCUT2D eigenvalue weighted by atomic mass is 16.5. The molecule has 0 spiro atoms. The average Bonchev–Trinajstić information content (AvgIpc) is 3.62. The lowest BCUT2D eigenvalue weighted by molar-refractivity contribution is 0.210. The van der Waals surface area contributed by atoms with Crippen molar-refractivity contribution < 1.29 is 9.47 Å². The summed E-state index contributed by atoms with van der Waals surface area (Å²) in [5.41, 5.74) is 6.66. The minimum atomic E-state index is 0.681. The van der Waals surface area contributed by atoms with E-state index in [1.54, 1.807) is 14.2 Å². The number of H-pyrrole nitrogens is 1. The molecule has 1 saturated heterocycles. The Morgan fingerprint density at radius 2 is 1.73 bits per heavy atom. The van der Waals surface area contributed by atoms with E-state index in [4.69, 9.17) is 9.47 Å². The standard InChI is InChI=1S/C29H38N2O2/c1-4-5-14-31-15-12-21(13-16-31)22-8-10-26-24(18-22)25(17-20-6-7-20)29(30-26)23-9-11-27(32-2)28(19-23)33-3/h8-11,18-21,30H,4-7,12-17H2,1-3H3. The van der Waals surface area contributed by atoms with E-state index >= 15 is 0 Å². The Morgan fingerprint density at radius 3 is 2.42 bits per heavy atom. The van der Waals surface area contributed by atoms with Crippen LogP contribution in [0.3, 0.4) is 0 Å². The Kier molecular flexibility index (Phi) is 6.64. The van der Waals surface area contributed by atoms with Crippen LogP contribution in [0.1, 0.15) is 62.5 Å². The largest absolute Gasteiger partial charge is 0.493 e. The highest BCUT2D eigenvalue weighted by molar-refractivity contribution is 5.91. The number of methoxy groups -OCH3 is 2. The summed E-state index contributed by atoms with van der Waals surface area (Å²) in [5.74, 6) is 3.06. The molecule has 1 aliphatic carbocycles. The number of aromatic nitrogens is 1. The van der Waals surface area contributed by atoms with Crippen LogP contribution >= 0.6 is 0 Å². The summed E-state index contributed by atoms with van der Waals surface area (Å²) in [6.07, 6.45) is 9.03. The molecule has 4 nitrogen and oxygen atoms in total. The molecule has 33 heavy (non-hydrogen) atoms. The molecule has 1 N–H and O–H groups in total. The van der Waals surface area contributed by atoms with Gasteiger partial charge in [0.05, 0.1) is 14.2 Å². The number of aromatic amines is 1. The molecule has 1 saturated carbocycles. The lowest BCUT2D eigenvalue weighted by Gasteiger charge is -2.32. The van der Waals surface area contributed by atoms with E-state index in [1.807, 2.05) is 6.07 Å². The van der Waals surface area contributed by atoms with Gasteiger partial charge in [-0.25, -0.2) is 0 Å². The molecule has 5 rings (SSSR count). The minimum absolute atomic E-state index is 0.681. The van der Waals surface area contributed by atoms with Gasteiger partial charge >= 0.3 is 0 Å². The quantitative estimate of drug-likeness (QED) is 0.393. The molecule has 4 heteroatoms. The normalized spacial score (nSPS) is 17.5. The summed E-state index contributed by atoms with van der Waals surface area (Å²) in [6.45, 7) is 6.03. The van der Waals surface area contributed by atoms with Crippen molar-refractivity contribution in [3.05, 3.63) is 47.5 Å². The zero-order chi connectivity index (χ0) is 22.8. The lowest BCUT2D eigenvalue weighted by atomic mass is 9.88. The molecule has 0 atom stereocenters. The van der Waals surface area contributed by atoms with Crippen molar-refractivity contribution in [3.63, 3.8) is 0 Å². The van der Waals surface area contributed by atoms with E-state index in [0.717, 1.165) is 23.8 Å². The van der Waals surface area contributed by atoms with Crippen molar-refractivity contribution in [2.45, 2.75) is 57.8 Å². The second kappa shape index (κ2) is 9.80. The predicted molar refractivity (Wildman–Crippen MR) is 137 cm³/mol. The zero-order valence-electron chi connectivity index (χ0n) is 20.5. The van der Waals surface area contributed by atoms with Crippen molar-refractivity contribution in [2.75, 3.05) is 33.9 Å². The number of piperidine rings is 1. The maximum atomic E-state index is 5.59.